The predicted octanol–water partition coefficient (Wildman–Crippen LogP) is 2.05. The Kier molecular flexibility index (Phi) is 6.88. The van der Waals surface area contributed by atoms with Crippen LogP contribution in [-0.2, 0) is 9.59 Å². The van der Waals surface area contributed by atoms with Crippen molar-refractivity contribution in [2.75, 3.05) is 13.1 Å². The van der Waals surface area contributed by atoms with Crippen LogP contribution >= 0.6 is 0 Å². The van der Waals surface area contributed by atoms with E-state index in [1.807, 2.05) is 18.7 Å². The monoisotopic (exact) mass is 323 g/mol. The number of hydrogen-bond donors (Lipinski definition) is 2. The third-order valence-electron chi connectivity index (χ3n) is 5.30. The number of carbonyl (C=O) groups is 2. The van der Waals surface area contributed by atoms with Crippen LogP contribution < -0.4 is 11.1 Å². The first-order valence-electron chi connectivity index (χ1n) is 9.32. The molecule has 5 heteroatoms. The fraction of sp³-hybridized carbons (Fsp3) is 0.889. The van der Waals surface area contributed by atoms with E-state index in [9.17, 15) is 9.59 Å². The second kappa shape index (κ2) is 8.67. The Balaban J connectivity index is 1.70. The molecule has 1 aliphatic carbocycles. The van der Waals surface area contributed by atoms with Gasteiger partial charge in [-0.15, -0.1) is 0 Å². The molecule has 0 aromatic heterocycles. The van der Waals surface area contributed by atoms with E-state index in [2.05, 4.69) is 5.32 Å². The number of hydrogen-bond acceptors (Lipinski definition) is 3. The molecule has 132 valence electrons. The van der Waals surface area contributed by atoms with Crippen LogP contribution in [0.2, 0.25) is 0 Å². The summed E-state index contributed by atoms with van der Waals surface area (Å²) in [5.41, 5.74) is 6.10. The van der Waals surface area contributed by atoms with Gasteiger partial charge in [-0.05, 0) is 25.2 Å². The lowest BCUT2D eigenvalue weighted by Gasteiger charge is -2.34. The summed E-state index contributed by atoms with van der Waals surface area (Å²) in [4.78, 5) is 26.2. The zero-order valence-electron chi connectivity index (χ0n) is 14.7. The molecule has 2 rings (SSSR count). The highest BCUT2D eigenvalue weighted by molar-refractivity contribution is 5.82. The molecule has 1 heterocycles. The number of nitrogens with one attached hydrogen (secondary N) is 1. The molecular weight excluding hydrogens is 290 g/mol. The highest BCUT2D eigenvalue weighted by Gasteiger charge is 2.27. The van der Waals surface area contributed by atoms with Crippen molar-refractivity contribution in [3.05, 3.63) is 0 Å². The highest BCUT2D eigenvalue weighted by atomic mass is 16.2. The Labute approximate surface area is 140 Å². The summed E-state index contributed by atoms with van der Waals surface area (Å²) in [6.45, 7) is 5.33. The van der Waals surface area contributed by atoms with E-state index < -0.39 is 0 Å². The van der Waals surface area contributed by atoms with Crippen LogP contribution in [0.4, 0.5) is 0 Å². The standard InChI is InChI=1S/C18H33N3O2/c1-13(2)18(23)21-10-8-15(9-11-21)20-17(22)16(19)12-14-6-4-3-5-7-14/h13-16H,3-12,19H2,1-2H3,(H,20,22). The van der Waals surface area contributed by atoms with E-state index in [4.69, 9.17) is 5.73 Å². The molecule has 5 nitrogen and oxygen atoms in total. The number of nitrogens with zero attached hydrogens (tertiary/aromatic N) is 1. The normalized spacial score (nSPS) is 22.2. The molecule has 1 saturated heterocycles. The van der Waals surface area contributed by atoms with Gasteiger partial charge < -0.3 is 16.0 Å². The summed E-state index contributed by atoms with van der Waals surface area (Å²) in [5.74, 6) is 0.869. The predicted molar refractivity (Wildman–Crippen MR) is 91.8 cm³/mol. The van der Waals surface area contributed by atoms with Crippen molar-refractivity contribution in [2.45, 2.75) is 77.3 Å². The SMILES string of the molecule is CC(C)C(=O)N1CCC(NC(=O)C(N)CC2CCCCC2)CC1. The van der Waals surface area contributed by atoms with Crippen molar-refractivity contribution >= 4 is 11.8 Å². The molecule has 0 aromatic carbocycles. The summed E-state index contributed by atoms with van der Waals surface area (Å²) in [6.07, 6.45) is 8.80. The van der Waals surface area contributed by atoms with Gasteiger partial charge in [0, 0.05) is 25.0 Å². The topological polar surface area (TPSA) is 75.4 Å². The van der Waals surface area contributed by atoms with E-state index in [0.717, 1.165) is 32.4 Å². The van der Waals surface area contributed by atoms with E-state index in [1.54, 1.807) is 0 Å². The van der Waals surface area contributed by atoms with Gasteiger partial charge in [-0.1, -0.05) is 46.0 Å². The molecule has 3 N–H and O–H groups in total. The minimum absolute atomic E-state index is 0.00999. The molecule has 1 atom stereocenters. The molecule has 1 unspecified atom stereocenters. The summed E-state index contributed by atoms with van der Waals surface area (Å²) in [5, 5.41) is 3.10. The first-order chi connectivity index (χ1) is 11.0. The number of likely N-dealkylation sites (tertiary alicyclic amines) is 1. The maximum atomic E-state index is 12.3. The molecule has 2 amide bonds. The maximum absolute atomic E-state index is 12.3. The lowest BCUT2D eigenvalue weighted by atomic mass is 9.85. The van der Waals surface area contributed by atoms with Gasteiger partial charge in [-0.25, -0.2) is 0 Å². The van der Waals surface area contributed by atoms with Crippen LogP contribution in [-0.4, -0.2) is 41.9 Å². The summed E-state index contributed by atoms with van der Waals surface area (Å²) >= 11 is 0. The van der Waals surface area contributed by atoms with Crippen molar-refractivity contribution in [3.63, 3.8) is 0 Å². The van der Waals surface area contributed by atoms with Gasteiger partial charge in [-0.2, -0.15) is 0 Å². The van der Waals surface area contributed by atoms with Crippen molar-refractivity contribution in [1.82, 2.24) is 10.2 Å². The van der Waals surface area contributed by atoms with Gasteiger partial charge in [-0.3, -0.25) is 9.59 Å². The molecular formula is C18H33N3O2. The van der Waals surface area contributed by atoms with Crippen LogP contribution in [0, 0.1) is 11.8 Å². The first-order valence-corrected chi connectivity index (χ1v) is 9.32. The largest absolute Gasteiger partial charge is 0.352 e. The average molecular weight is 323 g/mol. The van der Waals surface area contributed by atoms with Crippen molar-refractivity contribution in [1.29, 1.82) is 0 Å². The van der Waals surface area contributed by atoms with Gasteiger partial charge in [0.2, 0.25) is 11.8 Å². The summed E-state index contributed by atoms with van der Waals surface area (Å²) in [7, 11) is 0. The fourth-order valence-corrected chi connectivity index (χ4v) is 3.81. The molecule has 1 saturated carbocycles. The van der Waals surface area contributed by atoms with Crippen LogP contribution in [0.3, 0.4) is 0 Å². The molecule has 0 radical (unpaired) electrons. The van der Waals surface area contributed by atoms with Crippen molar-refractivity contribution < 1.29 is 9.59 Å². The molecule has 2 fully saturated rings. The summed E-state index contributed by atoms with van der Waals surface area (Å²) in [6, 6.07) is -0.218. The number of piperidine rings is 1. The number of amides is 2. The quantitative estimate of drug-likeness (QED) is 0.813. The number of carbonyl (C=O) groups excluding carboxylic acids is 2. The van der Waals surface area contributed by atoms with Crippen molar-refractivity contribution in [2.24, 2.45) is 17.6 Å². The second-order valence-corrected chi connectivity index (χ2v) is 7.61. The van der Waals surface area contributed by atoms with Crippen LogP contribution in [0.5, 0.6) is 0 Å². The highest BCUT2D eigenvalue weighted by Crippen LogP contribution is 2.27. The second-order valence-electron chi connectivity index (χ2n) is 7.61. The Bertz CT molecular complexity index is 397. The summed E-state index contributed by atoms with van der Waals surface area (Å²) < 4.78 is 0. The van der Waals surface area contributed by atoms with Crippen LogP contribution in [0.15, 0.2) is 0 Å². The zero-order chi connectivity index (χ0) is 16.8. The van der Waals surface area contributed by atoms with Gasteiger partial charge in [0.15, 0.2) is 0 Å². The maximum Gasteiger partial charge on any atom is 0.237 e. The minimum atomic E-state index is -0.381. The lowest BCUT2D eigenvalue weighted by molar-refractivity contribution is -0.135. The Morgan fingerprint density at radius 3 is 2.26 bits per heavy atom. The van der Waals surface area contributed by atoms with Crippen LogP contribution in [0.1, 0.15) is 65.2 Å². The van der Waals surface area contributed by atoms with E-state index in [1.165, 1.54) is 32.1 Å². The molecule has 0 spiro atoms. The fourth-order valence-electron chi connectivity index (χ4n) is 3.81. The van der Waals surface area contributed by atoms with Crippen LogP contribution in [0.25, 0.3) is 0 Å². The molecule has 0 bridgehead atoms. The van der Waals surface area contributed by atoms with Gasteiger partial charge >= 0.3 is 0 Å². The number of rotatable bonds is 5. The van der Waals surface area contributed by atoms with Gasteiger partial charge in [0.05, 0.1) is 6.04 Å². The lowest BCUT2D eigenvalue weighted by Crippen LogP contribution is -2.51. The van der Waals surface area contributed by atoms with Crippen molar-refractivity contribution in [3.8, 4) is 0 Å². The smallest absolute Gasteiger partial charge is 0.237 e. The molecule has 1 aliphatic heterocycles. The Morgan fingerprint density at radius 2 is 1.70 bits per heavy atom. The molecule has 0 aromatic rings. The van der Waals surface area contributed by atoms with E-state index >= 15 is 0 Å². The first kappa shape index (κ1) is 18.2. The van der Waals surface area contributed by atoms with E-state index in [0.29, 0.717) is 5.92 Å². The third kappa shape index (κ3) is 5.48. The van der Waals surface area contributed by atoms with Gasteiger partial charge in [0.25, 0.3) is 0 Å². The Hall–Kier alpha value is -1.10. The number of nitrogens with two attached hydrogens (primary N) is 1. The van der Waals surface area contributed by atoms with Gasteiger partial charge in [0.1, 0.15) is 0 Å². The average Bonchev–Trinajstić information content (AvgIpc) is 2.55. The molecule has 23 heavy (non-hydrogen) atoms. The van der Waals surface area contributed by atoms with E-state index in [-0.39, 0.29) is 29.8 Å². The Morgan fingerprint density at radius 1 is 1.09 bits per heavy atom. The molecule has 2 aliphatic rings. The third-order valence-corrected chi connectivity index (χ3v) is 5.30. The zero-order valence-corrected chi connectivity index (χ0v) is 14.7. The minimum Gasteiger partial charge on any atom is -0.352 e.